The Morgan fingerprint density at radius 2 is 2.00 bits per heavy atom. The Balaban J connectivity index is 2.89. The molecule has 0 spiro atoms. The number of fused-ring (bicyclic) bond motifs is 1. The second-order valence-corrected chi connectivity index (χ2v) is 3.90. The van der Waals surface area contributed by atoms with E-state index in [0.717, 1.165) is 5.56 Å². The van der Waals surface area contributed by atoms with Gasteiger partial charge in [0.05, 0.1) is 0 Å². The van der Waals surface area contributed by atoms with Gasteiger partial charge in [0.25, 0.3) is 0 Å². The Bertz CT molecular complexity index is 583. The van der Waals surface area contributed by atoms with Crippen molar-refractivity contribution in [2.75, 3.05) is 0 Å². The maximum absolute atomic E-state index is 3.85. The van der Waals surface area contributed by atoms with E-state index >= 15 is 0 Å². The normalized spacial score (nSPS) is 14.8. The van der Waals surface area contributed by atoms with Gasteiger partial charge in [0.15, 0.2) is 0 Å². The molecule has 0 nitrogen and oxygen atoms in total. The summed E-state index contributed by atoms with van der Waals surface area (Å²) in [5.74, 6) is 0. The molecule has 1 aliphatic carbocycles. The van der Waals surface area contributed by atoms with Crippen molar-refractivity contribution in [3.63, 3.8) is 0 Å². The Labute approximate surface area is 96.6 Å². The molecule has 0 amide bonds. The van der Waals surface area contributed by atoms with Crippen LogP contribution in [-0.4, -0.2) is 0 Å². The van der Waals surface area contributed by atoms with Crippen LogP contribution in [0, 0.1) is 6.42 Å². The number of rotatable bonds is 2. The summed E-state index contributed by atoms with van der Waals surface area (Å²) < 4.78 is 0. The van der Waals surface area contributed by atoms with E-state index in [4.69, 9.17) is 0 Å². The van der Waals surface area contributed by atoms with Crippen molar-refractivity contribution in [1.82, 2.24) is 0 Å². The zero-order valence-electron chi connectivity index (χ0n) is 9.53. The zero-order chi connectivity index (χ0) is 11.5. The Kier molecular flexibility index (Phi) is 2.91. The van der Waals surface area contributed by atoms with E-state index in [9.17, 15) is 0 Å². The van der Waals surface area contributed by atoms with Crippen LogP contribution in [-0.2, 0) is 0 Å². The van der Waals surface area contributed by atoms with Crippen molar-refractivity contribution in [2.45, 2.75) is 6.92 Å². The van der Waals surface area contributed by atoms with Gasteiger partial charge in [-0.15, -0.1) is 0 Å². The van der Waals surface area contributed by atoms with Crippen molar-refractivity contribution in [3.8, 4) is 0 Å². The highest BCUT2D eigenvalue weighted by molar-refractivity contribution is 5.61. The van der Waals surface area contributed by atoms with E-state index in [1.165, 1.54) is 21.6 Å². The van der Waals surface area contributed by atoms with E-state index in [1.54, 1.807) is 0 Å². The molecule has 0 saturated heterocycles. The quantitative estimate of drug-likeness (QED) is 0.699. The van der Waals surface area contributed by atoms with Gasteiger partial charge in [-0.1, -0.05) is 61.2 Å². The van der Waals surface area contributed by atoms with Crippen LogP contribution in [0.1, 0.15) is 18.1 Å². The van der Waals surface area contributed by atoms with Gasteiger partial charge in [-0.25, -0.2) is 0 Å². The molecular formula is C16H15. The van der Waals surface area contributed by atoms with Gasteiger partial charge >= 0.3 is 0 Å². The van der Waals surface area contributed by atoms with Crippen LogP contribution in [0.2, 0.25) is 0 Å². The van der Waals surface area contributed by atoms with Crippen LogP contribution in [0.4, 0.5) is 0 Å². The molecule has 0 bridgehead atoms. The first-order valence-electron chi connectivity index (χ1n) is 5.38. The number of hydrogen-bond donors (Lipinski definition) is 0. The van der Waals surface area contributed by atoms with Crippen LogP contribution < -0.4 is 10.4 Å². The molecule has 0 saturated carbocycles. The summed E-state index contributed by atoms with van der Waals surface area (Å²) in [6, 6.07) is 4.23. The fourth-order valence-electron chi connectivity index (χ4n) is 1.96. The van der Waals surface area contributed by atoms with Crippen molar-refractivity contribution in [1.29, 1.82) is 0 Å². The fourth-order valence-corrected chi connectivity index (χ4v) is 1.96. The predicted octanol–water partition coefficient (Wildman–Crippen LogP) is 2.59. The molecule has 0 heterocycles. The number of benzene rings is 1. The monoisotopic (exact) mass is 207 g/mol. The summed E-state index contributed by atoms with van der Waals surface area (Å²) in [6.07, 6.45) is 12.2. The molecule has 1 aromatic carbocycles. The van der Waals surface area contributed by atoms with Gasteiger partial charge < -0.3 is 0 Å². The Morgan fingerprint density at radius 1 is 1.19 bits per heavy atom. The molecule has 0 fully saturated rings. The number of allylic oxidation sites excluding steroid dienone is 3. The zero-order valence-corrected chi connectivity index (χ0v) is 9.53. The first-order chi connectivity index (χ1) is 7.76. The molecule has 0 aliphatic heterocycles. The molecule has 16 heavy (non-hydrogen) atoms. The van der Waals surface area contributed by atoms with Gasteiger partial charge in [0, 0.05) is 6.42 Å². The molecule has 0 atom stereocenters. The summed E-state index contributed by atoms with van der Waals surface area (Å²) >= 11 is 0. The van der Waals surface area contributed by atoms with Gasteiger partial charge in [-0.2, -0.15) is 0 Å². The first kappa shape index (κ1) is 10.7. The molecule has 0 N–H and O–H groups in total. The average molecular weight is 207 g/mol. The van der Waals surface area contributed by atoms with Gasteiger partial charge in [0.2, 0.25) is 0 Å². The molecule has 79 valence electrons. The molecule has 0 unspecified atom stereocenters. The predicted molar refractivity (Wildman–Crippen MR) is 72.1 cm³/mol. The van der Waals surface area contributed by atoms with Crippen LogP contribution >= 0.6 is 0 Å². The minimum Gasteiger partial charge on any atom is -0.0990 e. The maximum atomic E-state index is 3.85. The summed E-state index contributed by atoms with van der Waals surface area (Å²) in [5, 5.41) is 2.46. The molecule has 0 aromatic heterocycles. The molecular weight excluding hydrogens is 192 g/mol. The Morgan fingerprint density at radius 3 is 2.69 bits per heavy atom. The lowest BCUT2D eigenvalue weighted by Crippen LogP contribution is -2.31. The first-order valence-corrected chi connectivity index (χ1v) is 5.38. The van der Waals surface area contributed by atoms with E-state index in [2.05, 4.69) is 50.8 Å². The fraction of sp³-hybridized carbons (Fsp3) is 0.0625. The maximum Gasteiger partial charge on any atom is 0.0134 e. The summed E-state index contributed by atoms with van der Waals surface area (Å²) in [4.78, 5) is 0. The van der Waals surface area contributed by atoms with Crippen molar-refractivity contribution < 1.29 is 0 Å². The van der Waals surface area contributed by atoms with Crippen molar-refractivity contribution in [3.05, 3.63) is 71.0 Å². The van der Waals surface area contributed by atoms with Crippen LogP contribution in [0.5, 0.6) is 0 Å². The minimum atomic E-state index is 1.15. The third-order valence-electron chi connectivity index (χ3n) is 2.76. The lowest BCUT2D eigenvalue weighted by molar-refractivity contribution is 1.34. The summed E-state index contributed by atoms with van der Waals surface area (Å²) in [7, 11) is 0. The van der Waals surface area contributed by atoms with Gasteiger partial charge in [-0.05, 0) is 28.5 Å². The van der Waals surface area contributed by atoms with E-state index in [1.807, 2.05) is 18.2 Å². The van der Waals surface area contributed by atoms with Crippen LogP contribution in [0.3, 0.4) is 0 Å². The minimum absolute atomic E-state index is 1.15. The second-order valence-electron chi connectivity index (χ2n) is 3.90. The SMILES string of the molecule is C=C/C=c1\c(C=C)ccc2c1=CC(C)=C[CH]2. The van der Waals surface area contributed by atoms with Crippen LogP contribution in [0.15, 0.2) is 43.0 Å². The standard InChI is InChI=1S/C16H15/c1-4-6-15-13(5-2)9-10-14-8-7-12(3)11-16(14)15/h4-11H,1-2H2,3H3/b15-6+. The largest absolute Gasteiger partial charge is 0.0990 e. The summed E-state index contributed by atoms with van der Waals surface area (Å²) in [5.41, 5.74) is 3.68. The van der Waals surface area contributed by atoms with E-state index in [-0.39, 0.29) is 0 Å². The molecule has 1 radical (unpaired) electrons. The molecule has 0 heteroatoms. The highest BCUT2D eigenvalue weighted by atomic mass is 14.1. The third kappa shape index (κ3) is 1.79. The smallest absolute Gasteiger partial charge is 0.0134 e. The van der Waals surface area contributed by atoms with E-state index in [0.29, 0.717) is 0 Å². The molecule has 1 aromatic rings. The van der Waals surface area contributed by atoms with Crippen molar-refractivity contribution >= 4 is 18.2 Å². The lowest BCUT2D eigenvalue weighted by atomic mass is 9.96. The highest BCUT2D eigenvalue weighted by Crippen LogP contribution is 2.08. The topological polar surface area (TPSA) is 0 Å². The lowest BCUT2D eigenvalue weighted by Gasteiger charge is -2.09. The van der Waals surface area contributed by atoms with Crippen LogP contribution in [0.25, 0.3) is 18.2 Å². The Hall–Kier alpha value is -1.82. The van der Waals surface area contributed by atoms with E-state index < -0.39 is 0 Å². The summed E-state index contributed by atoms with van der Waals surface area (Å²) in [6.45, 7) is 9.73. The van der Waals surface area contributed by atoms with Crippen molar-refractivity contribution in [2.24, 2.45) is 0 Å². The average Bonchev–Trinajstić information content (AvgIpc) is 2.30. The second kappa shape index (κ2) is 4.36. The molecule has 2 rings (SSSR count). The highest BCUT2D eigenvalue weighted by Gasteiger charge is 2.03. The molecule has 1 aliphatic rings. The van der Waals surface area contributed by atoms with Gasteiger partial charge in [0.1, 0.15) is 0 Å². The number of hydrogen-bond acceptors (Lipinski definition) is 0. The third-order valence-corrected chi connectivity index (χ3v) is 2.76. The van der Waals surface area contributed by atoms with Gasteiger partial charge in [-0.3, -0.25) is 0 Å².